The van der Waals surface area contributed by atoms with Gasteiger partial charge in [-0.25, -0.2) is 0 Å². The van der Waals surface area contributed by atoms with Gasteiger partial charge in [0.05, 0.1) is 6.26 Å². The van der Waals surface area contributed by atoms with Crippen LogP contribution in [-0.2, 0) is 0 Å². The van der Waals surface area contributed by atoms with Gasteiger partial charge >= 0.3 is 12.1 Å². The zero-order valence-electron chi connectivity index (χ0n) is 9.02. The molecule has 1 atom stereocenters. The Morgan fingerprint density at radius 3 is 2.35 bits per heavy atom. The van der Waals surface area contributed by atoms with Gasteiger partial charge in [-0.1, -0.05) is 6.92 Å². The van der Waals surface area contributed by atoms with Gasteiger partial charge in [-0.05, 0) is 25.1 Å². The topological polar surface area (TPSA) is 25.2 Å². The van der Waals surface area contributed by atoms with Crippen LogP contribution in [0.25, 0.3) is 0 Å². The molecule has 0 bridgehead atoms. The lowest BCUT2D eigenvalue weighted by molar-refractivity contribution is -0.295. The summed E-state index contributed by atoms with van der Waals surface area (Å²) in [4.78, 5) is 0. The average Bonchev–Trinajstić information content (AvgIpc) is 2.69. The van der Waals surface area contributed by atoms with Crippen molar-refractivity contribution < 1.29 is 26.4 Å². The van der Waals surface area contributed by atoms with Crippen molar-refractivity contribution in [3.63, 3.8) is 0 Å². The largest absolute Gasteiger partial charge is 0.467 e. The molecule has 17 heavy (non-hydrogen) atoms. The lowest BCUT2D eigenvalue weighted by atomic mass is 10.1. The zero-order chi connectivity index (χ0) is 13.1. The summed E-state index contributed by atoms with van der Waals surface area (Å²) in [5.41, 5.74) is 0. The first-order chi connectivity index (χ1) is 7.80. The summed E-state index contributed by atoms with van der Waals surface area (Å²) in [7, 11) is 0. The van der Waals surface area contributed by atoms with E-state index in [0.29, 0.717) is 6.42 Å². The summed E-state index contributed by atoms with van der Waals surface area (Å²) >= 11 is 0. The maximum atomic E-state index is 13.2. The Hall–Kier alpha value is -1.11. The first-order valence-corrected chi connectivity index (χ1v) is 5.02. The molecule has 7 heteroatoms. The van der Waals surface area contributed by atoms with Crippen LogP contribution in [0.3, 0.4) is 0 Å². The van der Waals surface area contributed by atoms with Crippen LogP contribution in [0.5, 0.6) is 0 Å². The van der Waals surface area contributed by atoms with Crippen molar-refractivity contribution >= 4 is 0 Å². The Morgan fingerprint density at radius 2 is 1.94 bits per heavy atom. The standard InChI is InChI=1S/C10H12F5NO/c1-2-5-16-8(7-4-3-6-17-7)9(11,12)10(13,14)15/h3-4,6,8,16H,2,5H2,1H3. The number of hydrogen-bond acceptors (Lipinski definition) is 2. The molecule has 2 nitrogen and oxygen atoms in total. The van der Waals surface area contributed by atoms with Crippen LogP contribution in [-0.4, -0.2) is 18.6 Å². The van der Waals surface area contributed by atoms with Crippen molar-refractivity contribution in [2.45, 2.75) is 31.5 Å². The Kier molecular flexibility index (Phi) is 4.13. The highest BCUT2D eigenvalue weighted by molar-refractivity contribution is 5.10. The summed E-state index contributed by atoms with van der Waals surface area (Å²) in [6.07, 6.45) is -4.13. The summed E-state index contributed by atoms with van der Waals surface area (Å²) < 4.78 is 67.9. The van der Waals surface area contributed by atoms with E-state index in [1.165, 1.54) is 6.07 Å². The van der Waals surface area contributed by atoms with Crippen molar-refractivity contribution in [3.05, 3.63) is 24.2 Å². The SMILES string of the molecule is CCCNC(c1ccco1)C(F)(F)C(F)(F)F. The molecule has 0 aromatic carbocycles. The molecule has 1 N–H and O–H groups in total. The fourth-order valence-electron chi connectivity index (χ4n) is 1.32. The molecule has 0 amide bonds. The van der Waals surface area contributed by atoms with E-state index in [2.05, 4.69) is 9.73 Å². The molecule has 0 aliphatic heterocycles. The van der Waals surface area contributed by atoms with Crippen molar-refractivity contribution in [3.8, 4) is 0 Å². The molecule has 0 saturated carbocycles. The average molecular weight is 257 g/mol. The predicted molar refractivity (Wildman–Crippen MR) is 50.7 cm³/mol. The van der Waals surface area contributed by atoms with Crippen molar-refractivity contribution in [2.75, 3.05) is 6.54 Å². The molecule has 1 aromatic heterocycles. The Morgan fingerprint density at radius 1 is 1.29 bits per heavy atom. The van der Waals surface area contributed by atoms with Gasteiger partial charge in [0, 0.05) is 0 Å². The molecule has 0 radical (unpaired) electrons. The van der Waals surface area contributed by atoms with Crippen LogP contribution in [0.4, 0.5) is 22.0 Å². The fourth-order valence-corrected chi connectivity index (χ4v) is 1.32. The number of hydrogen-bond donors (Lipinski definition) is 1. The molecule has 0 spiro atoms. The van der Waals surface area contributed by atoms with E-state index in [1.807, 2.05) is 0 Å². The fraction of sp³-hybridized carbons (Fsp3) is 0.600. The molecule has 1 aromatic rings. The third kappa shape index (κ3) is 2.96. The molecule has 0 aliphatic carbocycles. The third-order valence-corrected chi connectivity index (χ3v) is 2.17. The molecular formula is C10H12F5NO. The van der Waals surface area contributed by atoms with Gasteiger partial charge < -0.3 is 9.73 Å². The van der Waals surface area contributed by atoms with E-state index in [1.54, 1.807) is 6.92 Å². The third-order valence-electron chi connectivity index (χ3n) is 2.17. The van der Waals surface area contributed by atoms with E-state index in [9.17, 15) is 22.0 Å². The van der Waals surface area contributed by atoms with Gasteiger partial charge in [-0.3, -0.25) is 0 Å². The number of halogens is 5. The second-order valence-electron chi connectivity index (χ2n) is 3.52. The Bertz CT molecular complexity index is 333. The summed E-state index contributed by atoms with van der Waals surface area (Å²) in [6, 6.07) is 0.160. The van der Waals surface area contributed by atoms with E-state index >= 15 is 0 Å². The molecule has 1 rings (SSSR count). The van der Waals surface area contributed by atoms with Crippen LogP contribution in [0.2, 0.25) is 0 Å². The summed E-state index contributed by atoms with van der Waals surface area (Å²) in [6.45, 7) is 1.70. The highest BCUT2D eigenvalue weighted by Gasteiger charge is 2.63. The smallest absolute Gasteiger partial charge is 0.455 e. The zero-order valence-corrected chi connectivity index (χ0v) is 9.02. The Labute approximate surface area is 94.8 Å². The predicted octanol–water partition coefficient (Wildman–Crippen LogP) is 3.52. The molecule has 1 unspecified atom stereocenters. The van der Waals surface area contributed by atoms with Gasteiger partial charge in [0.25, 0.3) is 0 Å². The minimum Gasteiger partial charge on any atom is -0.467 e. The van der Waals surface area contributed by atoms with Gasteiger partial charge in [0.2, 0.25) is 0 Å². The maximum Gasteiger partial charge on any atom is 0.455 e. The highest BCUT2D eigenvalue weighted by Crippen LogP contribution is 2.44. The van der Waals surface area contributed by atoms with Gasteiger partial charge in [-0.2, -0.15) is 22.0 Å². The van der Waals surface area contributed by atoms with Crippen molar-refractivity contribution in [1.29, 1.82) is 0 Å². The summed E-state index contributed by atoms with van der Waals surface area (Å²) in [5.74, 6) is -5.30. The van der Waals surface area contributed by atoms with Crippen molar-refractivity contribution in [2.24, 2.45) is 0 Å². The first kappa shape index (κ1) is 14.0. The van der Waals surface area contributed by atoms with E-state index in [4.69, 9.17) is 0 Å². The van der Waals surface area contributed by atoms with Crippen LogP contribution < -0.4 is 5.32 Å². The van der Waals surface area contributed by atoms with Crippen LogP contribution in [0.1, 0.15) is 25.1 Å². The second-order valence-corrected chi connectivity index (χ2v) is 3.52. The molecule has 98 valence electrons. The van der Waals surface area contributed by atoms with Gasteiger partial charge in [0.1, 0.15) is 11.8 Å². The van der Waals surface area contributed by atoms with Crippen LogP contribution in [0.15, 0.2) is 22.8 Å². The molecular weight excluding hydrogens is 245 g/mol. The number of nitrogens with one attached hydrogen (secondary N) is 1. The Balaban J connectivity index is 2.98. The van der Waals surface area contributed by atoms with Gasteiger partial charge in [0.15, 0.2) is 0 Å². The lowest BCUT2D eigenvalue weighted by Crippen LogP contribution is -2.48. The van der Waals surface area contributed by atoms with E-state index in [-0.39, 0.29) is 6.54 Å². The lowest BCUT2D eigenvalue weighted by Gasteiger charge is -2.27. The highest BCUT2D eigenvalue weighted by atomic mass is 19.4. The molecule has 0 fully saturated rings. The van der Waals surface area contributed by atoms with Crippen LogP contribution in [0, 0.1) is 0 Å². The number of furan rings is 1. The normalized spacial score (nSPS) is 14.9. The molecule has 0 saturated heterocycles. The number of rotatable bonds is 5. The van der Waals surface area contributed by atoms with E-state index in [0.717, 1.165) is 12.3 Å². The van der Waals surface area contributed by atoms with Crippen molar-refractivity contribution in [1.82, 2.24) is 5.32 Å². The quantitative estimate of drug-likeness (QED) is 0.816. The minimum atomic E-state index is -5.62. The monoisotopic (exact) mass is 257 g/mol. The van der Waals surface area contributed by atoms with E-state index < -0.39 is 23.9 Å². The first-order valence-electron chi connectivity index (χ1n) is 5.02. The molecule has 1 heterocycles. The van der Waals surface area contributed by atoms with Crippen LogP contribution >= 0.6 is 0 Å². The summed E-state index contributed by atoms with van der Waals surface area (Å²) in [5, 5.41) is 2.15. The maximum absolute atomic E-state index is 13.2. The number of alkyl halides is 5. The minimum absolute atomic E-state index is 0.0387. The molecule has 0 aliphatic rings. The second kappa shape index (κ2) is 5.03. The van der Waals surface area contributed by atoms with Gasteiger partial charge in [-0.15, -0.1) is 0 Å².